The van der Waals surface area contributed by atoms with Crippen molar-refractivity contribution >= 4 is 5.91 Å². The molecule has 0 saturated carbocycles. The number of likely N-dealkylation sites (tertiary alicyclic amines) is 1. The monoisotopic (exact) mass is 331 g/mol. The second kappa shape index (κ2) is 7.57. The number of hydrogen-bond donors (Lipinski definition) is 0. The molecule has 1 aromatic carbocycles. The third-order valence-electron chi connectivity index (χ3n) is 4.67. The van der Waals surface area contributed by atoms with Crippen LogP contribution in [0.1, 0.15) is 12.0 Å². The zero-order chi connectivity index (χ0) is 16.9. The first-order valence-corrected chi connectivity index (χ1v) is 8.17. The van der Waals surface area contributed by atoms with Crippen molar-refractivity contribution < 1.29 is 13.9 Å². The standard InChI is InChI=1S/C18H22FN3O2/c1-24-17-11-22(18(23)12-21-9-7-20-13-21)8-6-15(17)10-14-4-2-3-5-16(14)19/h2-5,7,9,13,15,17H,6,8,10-12H2,1H3/t15-,17+/m1/s1. The van der Waals surface area contributed by atoms with Gasteiger partial charge in [0.1, 0.15) is 12.4 Å². The van der Waals surface area contributed by atoms with Crippen molar-refractivity contribution in [2.45, 2.75) is 25.5 Å². The maximum absolute atomic E-state index is 13.9. The van der Waals surface area contributed by atoms with Gasteiger partial charge < -0.3 is 14.2 Å². The Hall–Kier alpha value is -2.21. The van der Waals surface area contributed by atoms with Gasteiger partial charge in [-0.3, -0.25) is 4.79 Å². The average molecular weight is 331 g/mol. The summed E-state index contributed by atoms with van der Waals surface area (Å²) in [6.45, 7) is 1.50. The molecule has 0 radical (unpaired) electrons. The second-order valence-electron chi connectivity index (χ2n) is 6.19. The Morgan fingerprint density at radius 1 is 1.42 bits per heavy atom. The molecule has 1 aliphatic rings. The summed E-state index contributed by atoms with van der Waals surface area (Å²) in [4.78, 5) is 18.2. The van der Waals surface area contributed by atoms with Gasteiger partial charge in [-0.05, 0) is 30.4 Å². The highest BCUT2D eigenvalue weighted by molar-refractivity contribution is 5.76. The van der Waals surface area contributed by atoms with Gasteiger partial charge in [-0.1, -0.05) is 18.2 Å². The number of methoxy groups -OCH3 is 1. The Labute approximate surface area is 141 Å². The molecule has 5 nitrogen and oxygen atoms in total. The largest absolute Gasteiger partial charge is 0.379 e. The Morgan fingerprint density at radius 3 is 2.96 bits per heavy atom. The van der Waals surface area contributed by atoms with E-state index in [-0.39, 0.29) is 30.3 Å². The molecule has 0 spiro atoms. The van der Waals surface area contributed by atoms with E-state index < -0.39 is 0 Å². The van der Waals surface area contributed by atoms with Crippen LogP contribution in [-0.4, -0.2) is 46.7 Å². The fourth-order valence-corrected chi connectivity index (χ4v) is 3.27. The summed E-state index contributed by atoms with van der Waals surface area (Å²) in [5.41, 5.74) is 0.711. The van der Waals surface area contributed by atoms with Gasteiger partial charge in [0, 0.05) is 32.6 Å². The fourth-order valence-electron chi connectivity index (χ4n) is 3.27. The lowest BCUT2D eigenvalue weighted by Gasteiger charge is -2.38. The van der Waals surface area contributed by atoms with Crippen LogP contribution in [0.4, 0.5) is 4.39 Å². The number of piperidine rings is 1. The number of halogens is 1. The van der Waals surface area contributed by atoms with Gasteiger partial charge >= 0.3 is 0 Å². The van der Waals surface area contributed by atoms with Crippen LogP contribution in [0, 0.1) is 11.7 Å². The molecule has 1 aromatic heterocycles. The molecular weight excluding hydrogens is 309 g/mol. The van der Waals surface area contributed by atoms with Crippen molar-refractivity contribution in [3.05, 3.63) is 54.4 Å². The number of nitrogens with zero attached hydrogens (tertiary/aromatic N) is 3. The van der Waals surface area contributed by atoms with E-state index in [4.69, 9.17) is 4.74 Å². The summed E-state index contributed by atoms with van der Waals surface area (Å²) in [5.74, 6) is 0.0922. The maximum atomic E-state index is 13.9. The minimum absolute atomic E-state index is 0.0550. The van der Waals surface area contributed by atoms with Crippen molar-refractivity contribution in [2.75, 3.05) is 20.2 Å². The van der Waals surface area contributed by atoms with Crippen LogP contribution in [0.15, 0.2) is 43.0 Å². The fraction of sp³-hybridized carbons (Fsp3) is 0.444. The van der Waals surface area contributed by atoms with Crippen LogP contribution in [0.25, 0.3) is 0 Å². The van der Waals surface area contributed by atoms with Crippen LogP contribution in [-0.2, 0) is 22.5 Å². The van der Waals surface area contributed by atoms with Crippen molar-refractivity contribution in [3.63, 3.8) is 0 Å². The highest BCUT2D eigenvalue weighted by atomic mass is 19.1. The summed E-state index contributed by atoms with van der Waals surface area (Å²) >= 11 is 0. The number of rotatable bonds is 5. The predicted molar refractivity (Wildman–Crippen MR) is 87.8 cm³/mol. The van der Waals surface area contributed by atoms with Gasteiger partial charge in [0.15, 0.2) is 0 Å². The van der Waals surface area contributed by atoms with Crippen molar-refractivity contribution in [1.82, 2.24) is 14.5 Å². The molecule has 1 fully saturated rings. The van der Waals surface area contributed by atoms with Crippen molar-refractivity contribution in [1.29, 1.82) is 0 Å². The minimum Gasteiger partial charge on any atom is -0.379 e. The molecule has 1 aliphatic heterocycles. The van der Waals surface area contributed by atoms with Gasteiger partial charge in [0.05, 0.1) is 12.4 Å². The number of aromatic nitrogens is 2. The number of carbonyl (C=O) groups is 1. The Balaban J connectivity index is 1.61. The Bertz CT molecular complexity index is 675. The topological polar surface area (TPSA) is 47.4 Å². The van der Waals surface area contributed by atoms with E-state index in [0.717, 1.165) is 6.42 Å². The summed E-state index contributed by atoms with van der Waals surface area (Å²) < 4.78 is 21.2. The Kier molecular flexibility index (Phi) is 5.25. The lowest BCUT2D eigenvalue weighted by atomic mass is 9.87. The quantitative estimate of drug-likeness (QED) is 0.843. The van der Waals surface area contributed by atoms with Crippen LogP contribution >= 0.6 is 0 Å². The van der Waals surface area contributed by atoms with E-state index >= 15 is 0 Å². The molecule has 2 atom stereocenters. The molecule has 6 heteroatoms. The normalized spacial score (nSPS) is 21.0. The van der Waals surface area contributed by atoms with E-state index in [1.165, 1.54) is 6.07 Å². The first kappa shape index (κ1) is 16.6. The van der Waals surface area contributed by atoms with Crippen LogP contribution in [0.5, 0.6) is 0 Å². The summed E-state index contributed by atoms with van der Waals surface area (Å²) in [6, 6.07) is 6.85. The Morgan fingerprint density at radius 2 is 2.25 bits per heavy atom. The molecule has 128 valence electrons. The smallest absolute Gasteiger partial charge is 0.242 e. The summed E-state index contributed by atoms with van der Waals surface area (Å²) in [6.07, 6.45) is 6.43. The van der Waals surface area contributed by atoms with Gasteiger partial charge in [-0.15, -0.1) is 0 Å². The first-order chi connectivity index (χ1) is 11.7. The molecule has 24 heavy (non-hydrogen) atoms. The van der Waals surface area contributed by atoms with E-state index in [9.17, 15) is 9.18 Å². The summed E-state index contributed by atoms with van der Waals surface area (Å²) in [7, 11) is 1.66. The van der Waals surface area contributed by atoms with Crippen LogP contribution in [0.2, 0.25) is 0 Å². The summed E-state index contributed by atoms with van der Waals surface area (Å²) in [5, 5.41) is 0. The molecular formula is C18H22FN3O2. The average Bonchev–Trinajstić information content (AvgIpc) is 3.10. The SMILES string of the molecule is CO[C@H]1CN(C(=O)Cn2ccnc2)CC[C@@H]1Cc1ccccc1F. The lowest BCUT2D eigenvalue weighted by molar-refractivity contribution is -0.137. The molecule has 0 N–H and O–H groups in total. The molecule has 1 saturated heterocycles. The molecule has 2 aromatic rings. The van der Waals surface area contributed by atoms with E-state index in [1.54, 1.807) is 36.5 Å². The molecule has 3 rings (SSSR count). The first-order valence-electron chi connectivity index (χ1n) is 8.17. The van der Waals surface area contributed by atoms with Gasteiger partial charge in [-0.2, -0.15) is 0 Å². The molecule has 0 aliphatic carbocycles. The van der Waals surface area contributed by atoms with Crippen LogP contribution < -0.4 is 0 Å². The second-order valence-corrected chi connectivity index (χ2v) is 6.19. The number of carbonyl (C=O) groups excluding carboxylic acids is 1. The van der Waals surface area contributed by atoms with Gasteiger partial charge in [-0.25, -0.2) is 9.37 Å². The number of amides is 1. The maximum Gasteiger partial charge on any atom is 0.242 e. The van der Waals surface area contributed by atoms with Gasteiger partial charge in [0.2, 0.25) is 5.91 Å². The van der Waals surface area contributed by atoms with E-state index in [1.807, 2.05) is 17.0 Å². The molecule has 0 unspecified atom stereocenters. The van der Waals surface area contributed by atoms with Crippen molar-refractivity contribution in [2.24, 2.45) is 5.92 Å². The number of ether oxygens (including phenoxy) is 1. The zero-order valence-corrected chi connectivity index (χ0v) is 13.8. The molecule has 1 amide bonds. The van der Waals surface area contributed by atoms with E-state index in [0.29, 0.717) is 25.1 Å². The minimum atomic E-state index is -0.175. The molecule has 0 bridgehead atoms. The number of benzene rings is 1. The van der Waals surface area contributed by atoms with E-state index in [2.05, 4.69) is 4.98 Å². The third-order valence-corrected chi connectivity index (χ3v) is 4.67. The highest BCUT2D eigenvalue weighted by Gasteiger charge is 2.32. The highest BCUT2D eigenvalue weighted by Crippen LogP contribution is 2.25. The zero-order valence-electron chi connectivity index (χ0n) is 13.8. The van der Waals surface area contributed by atoms with Crippen LogP contribution in [0.3, 0.4) is 0 Å². The van der Waals surface area contributed by atoms with Crippen molar-refractivity contribution in [3.8, 4) is 0 Å². The lowest BCUT2D eigenvalue weighted by Crippen LogP contribution is -2.48. The third kappa shape index (κ3) is 3.82. The number of imidazole rings is 1. The number of hydrogen-bond acceptors (Lipinski definition) is 3. The van der Waals surface area contributed by atoms with Gasteiger partial charge in [0.25, 0.3) is 0 Å². The predicted octanol–water partition coefficient (Wildman–Crippen LogP) is 2.13. The molecule has 2 heterocycles.